The summed E-state index contributed by atoms with van der Waals surface area (Å²) in [5, 5.41) is 3.26. The molecular formula is C9H12N2S. The van der Waals surface area contributed by atoms with E-state index in [0.29, 0.717) is 11.7 Å². The lowest BCUT2D eigenvalue weighted by Crippen LogP contribution is -2.28. The van der Waals surface area contributed by atoms with Crippen LogP contribution >= 0.6 is 12.2 Å². The number of rotatable bonds is 2. The average Bonchev–Trinajstić information content (AvgIpc) is 2.03. The van der Waals surface area contributed by atoms with Crippen LogP contribution in [0.2, 0.25) is 0 Å². The van der Waals surface area contributed by atoms with Crippen molar-refractivity contribution in [1.82, 2.24) is 5.32 Å². The highest BCUT2D eigenvalue weighted by atomic mass is 32.1. The normalized spacial score (nSPS) is 9.42. The molecule has 64 valence electrons. The minimum Gasteiger partial charge on any atom is -0.376 e. The van der Waals surface area contributed by atoms with E-state index in [1.807, 2.05) is 12.1 Å². The molecule has 3 N–H and O–H groups in total. The Bertz CT molecular complexity index is 284. The van der Waals surface area contributed by atoms with Gasteiger partial charge in [-0.25, -0.2) is 0 Å². The largest absolute Gasteiger partial charge is 0.376 e. The molecule has 0 saturated heterocycles. The van der Waals surface area contributed by atoms with E-state index in [2.05, 4.69) is 24.4 Å². The van der Waals surface area contributed by atoms with Crippen LogP contribution in [0.4, 0.5) is 0 Å². The number of hydrogen-bond donors (Lipinski definition) is 2. The summed E-state index contributed by atoms with van der Waals surface area (Å²) in [5.74, 6) is 0. The van der Waals surface area contributed by atoms with Crippen molar-refractivity contribution in [3.63, 3.8) is 0 Å². The van der Waals surface area contributed by atoms with Gasteiger partial charge in [0.1, 0.15) is 0 Å². The third-order valence-corrected chi connectivity index (χ3v) is 1.86. The third kappa shape index (κ3) is 2.51. The van der Waals surface area contributed by atoms with Gasteiger partial charge in [-0.2, -0.15) is 0 Å². The van der Waals surface area contributed by atoms with Crippen molar-refractivity contribution in [3.8, 4) is 0 Å². The Labute approximate surface area is 77.8 Å². The number of nitrogens with one attached hydrogen (secondary N) is 1. The van der Waals surface area contributed by atoms with E-state index < -0.39 is 0 Å². The quantitative estimate of drug-likeness (QED) is 0.674. The van der Waals surface area contributed by atoms with Gasteiger partial charge in [0.2, 0.25) is 0 Å². The Morgan fingerprint density at radius 1 is 1.50 bits per heavy atom. The van der Waals surface area contributed by atoms with Crippen LogP contribution in [-0.4, -0.2) is 5.11 Å². The summed E-state index contributed by atoms with van der Waals surface area (Å²) in [6, 6.07) is 8.14. The van der Waals surface area contributed by atoms with Gasteiger partial charge >= 0.3 is 0 Å². The highest BCUT2D eigenvalue weighted by Gasteiger charge is 1.95. The number of benzene rings is 1. The second kappa shape index (κ2) is 4.07. The first kappa shape index (κ1) is 9.00. The van der Waals surface area contributed by atoms with Crippen molar-refractivity contribution in [2.75, 3.05) is 0 Å². The van der Waals surface area contributed by atoms with Gasteiger partial charge in [-0.1, -0.05) is 24.3 Å². The minimum atomic E-state index is 0.346. The minimum absolute atomic E-state index is 0.346. The molecule has 12 heavy (non-hydrogen) atoms. The molecule has 0 aromatic heterocycles. The fraction of sp³-hybridized carbons (Fsp3) is 0.222. The molecule has 0 heterocycles. The second-order valence-electron chi connectivity index (χ2n) is 2.64. The summed E-state index contributed by atoms with van der Waals surface area (Å²) >= 11 is 4.70. The van der Waals surface area contributed by atoms with Crippen molar-refractivity contribution in [2.24, 2.45) is 5.73 Å². The maximum atomic E-state index is 5.31. The first-order valence-corrected chi connectivity index (χ1v) is 4.19. The molecule has 1 aromatic rings. The molecule has 0 aliphatic carbocycles. The molecule has 3 heteroatoms. The molecule has 1 aromatic carbocycles. The van der Waals surface area contributed by atoms with E-state index >= 15 is 0 Å². The maximum Gasteiger partial charge on any atom is 0.163 e. The molecular weight excluding hydrogens is 168 g/mol. The van der Waals surface area contributed by atoms with E-state index in [1.54, 1.807) is 0 Å². The highest BCUT2D eigenvalue weighted by Crippen LogP contribution is 2.05. The van der Waals surface area contributed by atoms with Gasteiger partial charge in [-0.3, -0.25) is 0 Å². The van der Waals surface area contributed by atoms with E-state index in [0.717, 1.165) is 0 Å². The van der Waals surface area contributed by atoms with Crippen molar-refractivity contribution < 1.29 is 0 Å². The highest BCUT2D eigenvalue weighted by molar-refractivity contribution is 7.80. The van der Waals surface area contributed by atoms with Gasteiger partial charge in [-0.15, -0.1) is 0 Å². The fourth-order valence-electron chi connectivity index (χ4n) is 0.991. The van der Waals surface area contributed by atoms with Gasteiger partial charge in [0.15, 0.2) is 5.11 Å². The molecule has 0 bridgehead atoms. The van der Waals surface area contributed by atoms with Crippen LogP contribution in [0.1, 0.15) is 11.1 Å². The molecule has 0 amide bonds. The van der Waals surface area contributed by atoms with Crippen molar-refractivity contribution in [1.29, 1.82) is 0 Å². The maximum absolute atomic E-state index is 5.31. The van der Waals surface area contributed by atoms with E-state index in [4.69, 9.17) is 18.0 Å². The Kier molecular flexibility index (Phi) is 3.05. The zero-order chi connectivity index (χ0) is 8.97. The SMILES string of the molecule is Cc1ccccc1CNC(N)=S. The third-order valence-electron chi connectivity index (χ3n) is 1.71. The Morgan fingerprint density at radius 3 is 2.75 bits per heavy atom. The van der Waals surface area contributed by atoms with Crippen LogP contribution in [-0.2, 0) is 6.54 Å². The van der Waals surface area contributed by atoms with Crippen LogP contribution in [0.3, 0.4) is 0 Å². The standard InChI is InChI=1S/C9H12N2S/c1-7-4-2-3-5-8(7)6-11-9(10)12/h2-5H,6H2,1H3,(H3,10,11,12). The molecule has 2 nitrogen and oxygen atoms in total. The van der Waals surface area contributed by atoms with Crippen LogP contribution < -0.4 is 11.1 Å². The van der Waals surface area contributed by atoms with Crippen LogP contribution in [0.15, 0.2) is 24.3 Å². The van der Waals surface area contributed by atoms with Gasteiger partial charge in [0, 0.05) is 6.54 Å². The average molecular weight is 180 g/mol. The summed E-state index contributed by atoms with van der Waals surface area (Å²) in [6.07, 6.45) is 0. The predicted molar refractivity (Wildman–Crippen MR) is 54.8 cm³/mol. The predicted octanol–water partition coefficient (Wildman–Crippen LogP) is 1.33. The lowest BCUT2D eigenvalue weighted by atomic mass is 10.1. The van der Waals surface area contributed by atoms with Gasteiger partial charge < -0.3 is 11.1 Å². The Balaban J connectivity index is 2.63. The van der Waals surface area contributed by atoms with Crippen LogP contribution in [0.25, 0.3) is 0 Å². The summed E-state index contributed by atoms with van der Waals surface area (Å²) < 4.78 is 0. The zero-order valence-electron chi connectivity index (χ0n) is 7.00. The zero-order valence-corrected chi connectivity index (χ0v) is 7.82. The molecule has 0 saturated carbocycles. The first-order valence-electron chi connectivity index (χ1n) is 3.78. The summed E-state index contributed by atoms with van der Waals surface area (Å²) in [5.41, 5.74) is 7.79. The molecule has 0 atom stereocenters. The molecule has 1 rings (SSSR count). The van der Waals surface area contributed by atoms with Gasteiger partial charge in [-0.05, 0) is 30.3 Å². The number of hydrogen-bond acceptors (Lipinski definition) is 1. The molecule has 0 spiro atoms. The summed E-state index contributed by atoms with van der Waals surface area (Å²) in [7, 11) is 0. The van der Waals surface area contributed by atoms with Crippen molar-refractivity contribution in [3.05, 3.63) is 35.4 Å². The number of thiocarbonyl (C=S) groups is 1. The monoisotopic (exact) mass is 180 g/mol. The molecule has 0 aliphatic rings. The first-order chi connectivity index (χ1) is 5.70. The molecule has 0 fully saturated rings. The van der Waals surface area contributed by atoms with Crippen molar-refractivity contribution in [2.45, 2.75) is 13.5 Å². The summed E-state index contributed by atoms with van der Waals surface area (Å²) in [4.78, 5) is 0. The molecule has 0 unspecified atom stereocenters. The van der Waals surface area contributed by atoms with Crippen molar-refractivity contribution >= 4 is 17.3 Å². The van der Waals surface area contributed by atoms with Gasteiger partial charge in [0.25, 0.3) is 0 Å². The summed E-state index contributed by atoms with van der Waals surface area (Å²) in [6.45, 7) is 2.78. The van der Waals surface area contributed by atoms with Gasteiger partial charge in [0.05, 0.1) is 0 Å². The molecule has 0 aliphatic heterocycles. The lowest BCUT2D eigenvalue weighted by molar-refractivity contribution is 0.910. The fourth-order valence-corrected chi connectivity index (χ4v) is 1.06. The lowest BCUT2D eigenvalue weighted by Gasteiger charge is -2.06. The Hall–Kier alpha value is -1.09. The second-order valence-corrected chi connectivity index (χ2v) is 3.08. The smallest absolute Gasteiger partial charge is 0.163 e. The number of aryl methyl sites for hydroxylation is 1. The Morgan fingerprint density at radius 2 is 2.17 bits per heavy atom. The molecule has 0 radical (unpaired) electrons. The topological polar surface area (TPSA) is 38.0 Å². The van der Waals surface area contributed by atoms with Crippen LogP contribution in [0.5, 0.6) is 0 Å². The van der Waals surface area contributed by atoms with Crippen LogP contribution in [0, 0.1) is 6.92 Å². The van der Waals surface area contributed by atoms with E-state index in [9.17, 15) is 0 Å². The number of nitrogens with two attached hydrogens (primary N) is 1. The van der Waals surface area contributed by atoms with E-state index in [-0.39, 0.29) is 0 Å². The van der Waals surface area contributed by atoms with E-state index in [1.165, 1.54) is 11.1 Å².